The first-order valence-electron chi connectivity index (χ1n) is 9.27. The predicted molar refractivity (Wildman–Crippen MR) is 104 cm³/mol. The Kier molecular flexibility index (Phi) is 5.70. The van der Waals surface area contributed by atoms with Gasteiger partial charge in [0.15, 0.2) is 5.82 Å². The van der Waals surface area contributed by atoms with E-state index in [4.69, 9.17) is 4.74 Å². The molecule has 27 heavy (non-hydrogen) atoms. The smallest absolute Gasteiger partial charge is 0.254 e. The first-order chi connectivity index (χ1) is 12.9. The first-order valence-corrected chi connectivity index (χ1v) is 9.27. The van der Waals surface area contributed by atoms with E-state index in [9.17, 15) is 4.79 Å². The average Bonchev–Trinajstić information content (AvgIpc) is 2.68. The number of pyridine rings is 1. The molecule has 0 spiro atoms. The summed E-state index contributed by atoms with van der Waals surface area (Å²) in [5.74, 6) is 1.77. The summed E-state index contributed by atoms with van der Waals surface area (Å²) in [5.41, 5.74) is 1.08. The number of rotatable bonds is 5. The molecule has 0 aliphatic carbocycles. The Morgan fingerprint density at radius 2 is 1.93 bits per heavy atom. The number of amides is 1. The minimum absolute atomic E-state index is 0.0323. The van der Waals surface area contributed by atoms with Crippen molar-refractivity contribution in [1.29, 1.82) is 0 Å². The maximum atomic E-state index is 12.6. The van der Waals surface area contributed by atoms with Gasteiger partial charge in [-0.05, 0) is 45.7 Å². The van der Waals surface area contributed by atoms with E-state index in [0.29, 0.717) is 13.1 Å². The molecule has 1 aliphatic rings. The van der Waals surface area contributed by atoms with Gasteiger partial charge in [-0.15, -0.1) is 0 Å². The second-order valence-electron chi connectivity index (χ2n) is 7.36. The maximum Gasteiger partial charge on any atom is 0.254 e. The molecule has 7 heteroatoms. The molecule has 3 rings (SSSR count). The first kappa shape index (κ1) is 19.2. The molecule has 0 bridgehead atoms. The van der Waals surface area contributed by atoms with Gasteiger partial charge in [0.05, 0.1) is 5.69 Å². The molecule has 7 nitrogen and oxygen atoms in total. The standard InChI is InChI=1S/C20H27N5O2/c1-14-6-5-7-16(23-14)24-18-17(21-10-11-22-18)15-8-12-25(13-9-15)19(26)20(2,3)27-4/h5-7,10-11,15H,8-9,12-13H2,1-4H3,(H,22,23,24). The zero-order valence-electron chi connectivity index (χ0n) is 16.4. The lowest BCUT2D eigenvalue weighted by atomic mass is 9.92. The van der Waals surface area contributed by atoms with Crippen molar-refractivity contribution in [2.75, 3.05) is 25.5 Å². The number of carbonyl (C=O) groups is 1. The van der Waals surface area contributed by atoms with E-state index in [2.05, 4.69) is 20.3 Å². The number of nitrogens with one attached hydrogen (secondary N) is 1. The highest BCUT2D eigenvalue weighted by atomic mass is 16.5. The van der Waals surface area contributed by atoms with E-state index in [1.165, 1.54) is 0 Å². The molecule has 3 heterocycles. The zero-order valence-corrected chi connectivity index (χ0v) is 16.4. The Morgan fingerprint density at radius 1 is 1.22 bits per heavy atom. The molecular formula is C20H27N5O2. The summed E-state index contributed by atoms with van der Waals surface area (Å²) >= 11 is 0. The monoisotopic (exact) mass is 369 g/mol. The highest BCUT2D eigenvalue weighted by Gasteiger charge is 2.35. The molecule has 1 aliphatic heterocycles. The summed E-state index contributed by atoms with van der Waals surface area (Å²) in [4.78, 5) is 28.0. The van der Waals surface area contributed by atoms with E-state index >= 15 is 0 Å². The van der Waals surface area contributed by atoms with Gasteiger partial charge in [-0.2, -0.15) is 0 Å². The van der Waals surface area contributed by atoms with Crippen LogP contribution in [0.5, 0.6) is 0 Å². The van der Waals surface area contributed by atoms with Crippen LogP contribution in [-0.4, -0.2) is 51.6 Å². The van der Waals surface area contributed by atoms with Crippen LogP contribution in [-0.2, 0) is 9.53 Å². The summed E-state index contributed by atoms with van der Waals surface area (Å²) in [6.07, 6.45) is 5.09. The van der Waals surface area contributed by atoms with Crippen molar-refractivity contribution in [1.82, 2.24) is 19.9 Å². The normalized spacial score (nSPS) is 15.6. The number of nitrogens with zero attached hydrogens (tertiary/aromatic N) is 4. The molecule has 144 valence electrons. The molecule has 2 aromatic heterocycles. The second kappa shape index (κ2) is 8.00. The van der Waals surface area contributed by atoms with Crippen LogP contribution in [0.3, 0.4) is 0 Å². The third-order valence-electron chi connectivity index (χ3n) is 5.06. The fraction of sp³-hybridized carbons (Fsp3) is 0.500. The van der Waals surface area contributed by atoms with Crippen molar-refractivity contribution in [2.45, 2.75) is 45.1 Å². The largest absolute Gasteiger partial charge is 0.369 e. The van der Waals surface area contributed by atoms with Gasteiger partial charge in [0, 0.05) is 44.2 Å². The summed E-state index contributed by atoms with van der Waals surface area (Å²) in [6, 6.07) is 5.83. The molecule has 0 saturated carbocycles. The van der Waals surface area contributed by atoms with Gasteiger partial charge in [0.25, 0.3) is 5.91 Å². The molecule has 1 saturated heterocycles. The van der Waals surface area contributed by atoms with Gasteiger partial charge < -0.3 is 15.0 Å². The fourth-order valence-electron chi connectivity index (χ4n) is 3.30. The lowest BCUT2D eigenvalue weighted by Crippen LogP contribution is -2.49. The Bertz CT molecular complexity index is 800. The van der Waals surface area contributed by atoms with Crippen LogP contribution >= 0.6 is 0 Å². The number of ether oxygens (including phenoxy) is 1. The highest BCUT2D eigenvalue weighted by molar-refractivity contribution is 5.84. The van der Waals surface area contributed by atoms with Gasteiger partial charge in [-0.1, -0.05) is 6.07 Å². The Labute approximate surface area is 160 Å². The number of hydrogen-bond donors (Lipinski definition) is 1. The summed E-state index contributed by atoms with van der Waals surface area (Å²) in [7, 11) is 1.57. The van der Waals surface area contributed by atoms with Gasteiger partial charge >= 0.3 is 0 Å². The van der Waals surface area contributed by atoms with Crippen LogP contribution in [0.1, 0.15) is 44.0 Å². The van der Waals surface area contributed by atoms with E-state index in [1.807, 2.05) is 30.0 Å². The van der Waals surface area contributed by atoms with Crippen molar-refractivity contribution < 1.29 is 9.53 Å². The summed E-state index contributed by atoms with van der Waals surface area (Å²) < 4.78 is 5.33. The lowest BCUT2D eigenvalue weighted by molar-refractivity contribution is -0.152. The van der Waals surface area contributed by atoms with Gasteiger partial charge in [0.1, 0.15) is 11.4 Å². The third kappa shape index (κ3) is 4.42. The topological polar surface area (TPSA) is 80.2 Å². The molecule has 1 N–H and O–H groups in total. The zero-order chi connectivity index (χ0) is 19.4. The van der Waals surface area contributed by atoms with Gasteiger partial charge in [0.2, 0.25) is 0 Å². The molecule has 1 fully saturated rings. The van der Waals surface area contributed by atoms with Crippen molar-refractivity contribution in [3.05, 3.63) is 42.0 Å². The van der Waals surface area contributed by atoms with Crippen molar-refractivity contribution in [3.63, 3.8) is 0 Å². The van der Waals surface area contributed by atoms with E-state index in [0.717, 1.165) is 35.9 Å². The highest BCUT2D eigenvalue weighted by Crippen LogP contribution is 2.32. The Hall–Kier alpha value is -2.54. The molecule has 0 aromatic carbocycles. The van der Waals surface area contributed by atoms with E-state index in [1.54, 1.807) is 33.4 Å². The summed E-state index contributed by atoms with van der Waals surface area (Å²) in [6.45, 7) is 6.95. The second-order valence-corrected chi connectivity index (χ2v) is 7.36. The molecule has 0 radical (unpaired) electrons. The fourth-order valence-corrected chi connectivity index (χ4v) is 3.30. The maximum absolute atomic E-state index is 12.6. The van der Waals surface area contributed by atoms with E-state index < -0.39 is 5.60 Å². The van der Waals surface area contributed by atoms with Crippen LogP contribution in [0, 0.1) is 6.92 Å². The number of aromatic nitrogens is 3. The van der Waals surface area contributed by atoms with Crippen LogP contribution in [0.15, 0.2) is 30.6 Å². The SMILES string of the molecule is COC(C)(C)C(=O)N1CCC(c2nccnc2Nc2cccc(C)n2)CC1. The van der Waals surface area contributed by atoms with E-state index in [-0.39, 0.29) is 11.8 Å². The molecule has 0 atom stereocenters. The van der Waals surface area contributed by atoms with Crippen LogP contribution in [0.4, 0.5) is 11.6 Å². The minimum atomic E-state index is -0.789. The number of carbonyl (C=O) groups excluding carboxylic acids is 1. The Balaban J connectivity index is 1.71. The van der Waals surface area contributed by atoms with Crippen molar-refractivity contribution in [2.24, 2.45) is 0 Å². The Morgan fingerprint density at radius 3 is 2.59 bits per heavy atom. The quantitative estimate of drug-likeness (QED) is 0.872. The lowest BCUT2D eigenvalue weighted by Gasteiger charge is -2.36. The molecule has 0 unspecified atom stereocenters. The molecule has 2 aromatic rings. The van der Waals surface area contributed by atoms with Gasteiger partial charge in [-0.25, -0.2) is 9.97 Å². The number of aryl methyl sites for hydroxylation is 1. The number of likely N-dealkylation sites (tertiary alicyclic amines) is 1. The number of methoxy groups -OCH3 is 1. The number of hydrogen-bond acceptors (Lipinski definition) is 6. The molecular weight excluding hydrogens is 342 g/mol. The predicted octanol–water partition coefficient (Wildman–Crippen LogP) is 3.05. The third-order valence-corrected chi connectivity index (χ3v) is 5.06. The van der Waals surface area contributed by atoms with Crippen molar-refractivity contribution in [3.8, 4) is 0 Å². The summed E-state index contributed by atoms with van der Waals surface area (Å²) in [5, 5.41) is 3.29. The van der Waals surface area contributed by atoms with Crippen molar-refractivity contribution >= 4 is 17.5 Å². The minimum Gasteiger partial charge on any atom is -0.369 e. The number of anilines is 2. The number of piperidine rings is 1. The average molecular weight is 369 g/mol. The van der Waals surface area contributed by atoms with Crippen LogP contribution < -0.4 is 5.32 Å². The van der Waals surface area contributed by atoms with Crippen LogP contribution in [0.2, 0.25) is 0 Å². The van der Waals surface area contributed by atoms with Crippen LogP contribution in [0.25, 0.3) is 0 Å². The molecule has 1 amide bonds. The van der Waals surface area contributed by atoms with Gasteiger partial charge in [-0.3, -0.25) is 9.78 Å².